The van der Waals surface area contributed by atoms with Gasteiger partial charge in [-0.3, -0.25) is 4.79 Å². The number of carbonyl (C=O) groups is 1. The van der Waals surface area contributed by atoms with Crippen LogP contribution < -0.4 is 11.1 Å². The summed E-state index contributed by atoms with van der Waals surface area (Å²) in [5.41, 5.74) is 5.08. The predicted molar refractivity (Wildman–Crippen MR) is 40.9 cm³/mol. The van der Waals surface area contributed by atoms with Gasteiger partial charge in [0.25, 0.3) is 0 Å². The van der Waals surface area contributed by atoms with Crippen LogP contribution in [0.5, 0.6) is 0 Å². The fourth-order valence-electron chi connectivity index (χ4n) is 0.693. The van der Waals surface area contributed by atoms with Crippen molar-refractivity contribution in [2.45, 2.75) is 6.54 Å². The molecule has 3 N–H and O–H groups in total. The molecule has 12 heavy (non-hydrogen) atoms. The highest BCUT2D eigenvalue weighted by atomic mass is 16.1. The van der Waals surface area contributed by atoms with Gasteiger partial charge in [0, 0.05) is 13.1 Å². The van der Waals surface area contributed by atoms with Crippen LogP contribution >= 0.6 is 0 Å². The van der Waals surface area contributed by atoms with Crippen molar-refractivity contribution in [2.75, 3.05) is 13.1 Å². The van der Waals surface area contributed by atoms with Gasteiger partial charge in [-0.2, -0.15) is 0 Å². The molecule has 65 valence electrons. The largest absolute Gasteiger partial charge is 0.353 e. The van der Waals surface area contributed by atoms with Crippen molar-refractivity contribution in [1.29, 1.82) is 0 Å². The van der Waals surface area contributed by atoms with Gasteiger partial charge >= 0.3 is 0 Å². The zero-order chi connectivity index (χ0) is 8.81. The summed E-state index contributed by atoms with van der Waals surface area (Å²) < 4.78 is 1.65. The van der Waals surface area contributed by atoms with Crippen molar-refractivity contribution in [3.63, 3.8) is 0 Å². The lowest BCUT2D eigenvalue weighted by Crippen LogP contribution is -2.32. The van der Waals surface area contributed by atoms with Crippen molar-refractivity contribution in [2.24, 2.45) is 5.73 Å². The van der Waals surface area contributed by atoms with Gasteiger partial charge in [-0.15, -0.1) is 10.2 Å². The Labute approximate surface area is 69.8 Å². The van der Waals surface area contributed by atoms with Gasteiger partial charge in [0.2, 0.25) is 12.2 Å². The van der Waals surface area contributed by atoms with Crippen molar-refractivity contribution >= 4 is 5.91 Å². The summed E-state index contributed by atoms with van der Waals surface area (Å²) in [7, 11) is 0. The maximum Gasteiger partial charge on any atom is 0.233 e. The molecule has 0 spiro atoms. The van der Waals surface area contributed by atoms with Crippen LogP contribution in [-0.4, -0.2) is 33.8 Å². The Kier molecular flexibility index (Phi) is 3.21. The standard InChI is InChI=1S/C6H10N5O/c7-3-6(12)8-1-2-11-4-9-10-5-11/h4H,1-3,7H2,(H,8,12). The summed E-state index contributed by atoms with van der Waals surface area (Å²) in [5.74, 6) is -0.164. The molecule has 6 heteroatoms. The lowest BCUT2D eigenvalue weighted by Gasteiger charge is -2.02. The van der Waals surface area contributed by atoms with Crippen LogP contribution in [-0.2, 0) is 11.3 Å². The molecule has 0 fully saturated rings. The molecular formula is C6H10N5O. The Morgan fingerprint density at radius 3 is 3.17 bits per heavy atom. The zero-order valence-electron chi connectivity index (χ0n) is 6.53. The summed E-state index contributed by atoms with van der Waals surface area (Å²) in [6, 6.07) is 0. The second-order valence-corrected chi connectivity index (χ2v) is 2.18. The van der Waals surface area contributed by atoms with E-state index in [0.29, 0.717) is 13.1 Å². The molecule has 1 amide bonds. The second kappa shape index (κ2) is 4.45. The first kappa shape index (κ1) is 8.66. The van der Waals surface area contributed by atoms with E-state index in [1.165, 1.54) is 6.33 Å². The minimum Gasteiger partial charge on any atom is -0.353 e. The fourth-order valence-corrected chi connectivity index (χ4v) is 0.693. The van der Waals surface area contributed by atoms with E-state index in [1.807, 2.05) is 0 Å². The van der Waals surface area contributed by atoms with Gasteiger partial charge in [-0.05, 0) is 0 Å². The average molecular weight is 168 g/mol. The summed E-state index contributed by atoms with van der Waals surface area (Å²) in [4.78, 5) is 10.7. The Morgan fingerprint density at radius 2 is 2.58 bits per heavy atom. The monoisotopic (exact) mass is 168 g/mol. The molecule has 0 unspecified atom stereocenters. The van der Waals surface area contributed by atoms with E-state index in [9.17, 15) is 4.79 Å². The number of nitrogens with one attached hydrogen (secondary N) is 1. The SMILES string of the molecule is NCC(=O)NCCn1[c]nnc1. The molecule has 1 aromatic rings. The van der Waals surface area contributed by atoms with Gasteiger partial charge in [0.05, 0.1) is 6.54 Å². The first-order chi connectivity index (χ1) is 5.83. The van der Waals surface area contributed by atoms with E-state index in [1.54, 1.807) is 4.57 Å². The van der Waals surface area contributed by atoms with E-state index >= 15 is 0 Å². The number of rotatable bonds is 4. The maximum absolute atomic E-state index is 10.7. The Balaban J connectivity index is 2.15. The minimum atomic E-state index is -0.164. The lowest BCUT2D eigenvalue weighted by atomic mass is 10.5. The first-order valence-electron chi connectivity index (χ1n) is 3.55. The number of hydrogen-bond acceptors (Lipinski definition) is 4. The molecule has 0 aliphatic carbocycles. The molecule has 1 aromatic heterocycles. The van der Waals surface area contributed by atoms with Crippen LogP contribution in [0.25, 0.3) is 0 Å². The highest BCUT2D eigenvalue weighted by Crippen LogP contribution is 1.78. The van der Waals surface area contributed by atoms with E-state index in [2.05, 4.69) is 21.8 Å². The van der Waals surface area contributed by atoms with Gasteiger partial charge in [-0.1, -0.05) is 0 Å². The summed E-state index contributed by atoms with van der Waals surface area (Å²) in [6.45, 7) is 1.15. The predicted octanol–water partition coefficient (Wildman–Crippen LogP) is -1.85. The summed E-state index contributed by atoms with van der Waals surface area (Å²) in [5, 5.41) is 9.66. The summed E-state index contributed by atoms with van der Waals surface area (Å²) in [6.07, 6.45) is 4.14. The highest BCUT2D eigenvalue weighted by molar-refractivity contribution is 5.77. The van der Waals surface area contributed by atoms with Gasteiger partial charge in [-0.25, -0.2) is 0 Å². The van der Waals surface area contributed by atoms with Crippen LogP contribution in [0, 0.1) is 6.33 Å². The molecule has 6 nitrogen and oxygen atoms in total. The number of nitrogens with two attached hydrogens (primary N) is 1. The van der Waals surface area contributed by atoms with Crippen LogP contribution in [0.2, 0.25) is 0 Å². The zero-order valence-corrected chi connectivity index (χ0v) is 6.53. The molecular weight excluding hydrogens is 158 g/mol. The Morgan fingerprint density at radius 1 is 1.75 bits per heavy atom. The molecule has 0 aliphatic rings. The van der Waals surface area contributed by atoms with Crippen LogP contribution in [0.1, 0.15) is 0 Å². The lowest BCUT2D eigenvalue weighted by molar-refractivity contribution is -0.119. The van der Waals surface area contributed by atoms with E-state index in [0.717, 1.165) is 0 Å². The van der Waals surface area contributed by atoms with Crippen molar-refractivity contribution in [3.8, 4) is 0 Å². The van der Waals surface area contributed by atoms with Crippen LogP contribution in [0.4, 0.5) is 0 Å². The molecule has 0 saturated heterocycles. The quantitative estimate of drug-likeness (QED) is 0.552. The highest BCUT2D eigenvalue weighted by Gasteiger charge is 1.95. The molecule has 0 bridgehead atoms. The third kappa shape index (κ3) is 2.67. The third-order valence-electron chi connectivity index (χ3n) is 1.28. The van der Waals surface area contributed by atoms with Crippen LogP contribution in [0.15, 0.2) is 6.33 Å². The fraction of sp³-hybridized carbons (Fsp3) is 0.500. The normalized spacial score (nSPS) is 9.75. The van der Waals surface area contributed by atoms with Gasteiger partial charge in [0.15, 0.2) is 0 Å². The van der Waals surface area contributed by atoms with E-state index in [4.69, 9.17) is 5.73 Å². The van der Waals surface area contributed by atoms with E-state index in [-0.39, 0.29) is 12.5 Å². The van der Waals surface area contributed by atoms with Crippen molar-refractivity contribution in [3.05, 3.63) is 12.7 Å². The molecule has 0 atom stereocenters. The number of hydrogen-bond donors (Lipinski definition) is 2. The first-order valence-corrected chi connectivity index (χ1v) is 3.55. The van der Waals surface area contributed by atoms with Gasteiger partial charge in [0.1, 0.15) is 6.33 Å². The van der Waals surface area contributed by atoms with Crippen LogP contribution in [0.3, 0.4) is 0 Å². The Hall–Kier alpha value is -1.43. The average Bonchev–Trinajstić information content (AvgIpc) is 2.57. The topological polar surface area (TPSA) is 85.8 Å². The molecule has 1 rings (SSSR count). The molecule has 0 aliphatic heterocycles. The number of aromatic nitrogens is 3. The second-order valence-electron chi connectivity index (χ2n) is 2.18. The number of carbonyl (C=O) groups excluding carboxylic acids is 1. The number of amides is 1. The molecule has 0 aromatic carbocycles. The molecule has 1 radical (unpaired) electrons. The minimum absolute atomic E-state index is 0.0197. The van der Waals surface area contributed by atoms with Gasteiger partial charge < -0.3 is 15.6 Å². The summed E-state index contributed by atoms with van der Waals surface area (Å²) >= 11 is 0. The molecule has 0 saturated carbocycles. The third-order valence-corrected chi connectivity index (χ3v) is 1.28. The maximum atomic E-state index is 10.7. The number of nitrogens with zero attached hydrogens (tertiary/aromatic N) is 3. The molecule has 1 heterocycles. The van der Waals surface area contributed by atoms with Crippen molar-refractivity contribution in [1.82, 2.24) is 20.1 Å². The smallest absolute Gasteiger partial charge is 0.233 e. The Bertz CT molecular complexity index is 232. The van der Waals surface area contributed by atoms with Crippen molar-refractivity contribution < 1.29 is 4.79 Å². The van der Waals surface area contributed by atoms with E-state index < -0.39 is 0 Å².